The summed E-state index contributed by atoms with van der Waals surface area (Å²) in [6.07, 6.45) is 0. The van der Waals surface area contributed by atoms with E-state index in [0.29, 0.717) is 33.9 Å². The van der Waals surface area contributed by atoms with E-state index >= 15 is 0 Å². The van der Waals surface area contributed by atoms with Gasteiger partial charge in [-0.2, -0.15) is 8.78 Å². The number of hydrogen-bond acceptors (Lipinski definition) is 2. The van der Waals surface area contributed by atoms with Gasteiger partial charge in [0, 0.05) is 22.2 Å². The molecule has 0 amide bonds. The van der Waals surface area contributed by atoms with Crippen LogP contribution in [0.1, 0.15) is 5.56 Å². The van der Waals surface area contributed by atoms with E-state index < -0.39 is 5.76 Å². The highest BCUT2D eigenvalue weighted by Crippen LogP contribution is 2.31. The van der Waals surface area contributed by atoms with E-state index in [2.05, 4.69) is 5.32 Å². The maximum atomic E-state index is 12.4. The molecule has 2 aromatic carbocycles. The first-order valence-corrected chi connectivity index (χ1v) is 6.93. The molecule has 1 nitrogen and oxygen atoms in total. The highest BCUT2D eigenvalue weighted by molar-refractivity contribution is 7.99. The van der Waals surface area contributed by atoms with E-state index in [4.69, 9.17) is 11.6 Å². The van der Waals surface area contributed by atoms with Crippen LogP contribution in [0, 0.1) is 0 Å². The van der Waals surface area contributed by atoms with Crippen molar-refractivity contribution in [1.29, 1.82) is 0 Å². The molecule has 0 aliphatic carbocycles. The second-order valence-corrected chi connectivity index (χ2v) is 5.32. The number of halogens is 3. The smallest absolute Gasteiger partial charge is 0.288 e. The molecule has 0 spiro atoms. The zero-order valence-electron chi connectivity index (χ0n) is 9.95. The highest BCUT2D eigenvalue weighted by atomic mass is 35.5. The van der Waals surface area contributed by atoms with E-state index in [1.807, 2.05) is 18.2 Å². The third-order valence-electron chi connectivity index (χ3n) is 2.50. The summed E-state index contributed by atoms with van der Waals surface area (Å²) in [6.45, 7) is 0.567. The zero-order valence-corrected chi connectivity index (χ0v) is 11.5. The average Bonchev–Trinajstić information content (AvgIpc) is 2.39. The second-order valence-electron chi connectivity index (χ2n) is 3.85. The predicted octanol–water partition coefficient (Wildman–Crippen LogP) is 5.27. The molecular weight excluding hydrogens is 288 g/mol. The molecule has 0 fully saturated rings. The number of para-hydroxylation sites is 1. The average molecular weight is 300 g/mol. The van der Waals surface area contributed by atoms with Gasteiger partial charge in [0.05, 0.1) is 0 Å². The van der Waals surface area contributed by atoms with Gasteiger partial charge in [-0.05, 0) is 29.8 Å². The van der Waals surface area contributed by atoms with Gasteiger partial charge in [-0.15, -0.1) is 0 Å². The van der Waals surface area contributed by atoms with E-state index in [1.165, 1.54) is 0 Å². The molecule has 2 aromatic rings. The number of rotatable bonds is 5. The first-order chi connectivity index (χ1) is 9.15. The van der Waals surface area contributed by atoms with E-state index in [-0.39, 0.29) is 0 Å². The molecule has 19 heavy (non-hydrogen) atoms. The van der Waals surface area contributed by atoms with Gasteiger partial charge in [0.15, 0.2) is 0 Å². The summed E-state index contributed by atoms with van der Waals surface area (Å²) in [4.78, 5) is 0.548. The Balaban J connectivity index is 2.04. The van der Waals surface area contributed by atoms with Gasteiger partial charge in [0.25, 0.3) is 5.76 Å². The SMILES string of the molecule is FC(F)Sc1ccccc1NCc1ccc(Cl)cc1. The second kappa shape index (κ2) is 6.78. The Morgan fingerprint density at radius 1 is 1.05 bits per heavy atom. The first-order valence-electron chi connectivity index (χ1n) is 5.67. The summed E-state index contributed by atoms with van der Waals surface area (Å²) in [5, 5.41) is 3.84. The van der Waals surface area contributed by atoms with E-state index in [1.54, 1.807) is 30.3 Å². The molecule has 0 heterocycles. The molecular formula is C14H12ClF2NS. The minimum Gasteiger partial charge on any atom is -0.380 e. The third kappa shape index (κ3) is 4.40. The lowest BCUT2D eigenvalue weighted by Gasteiger charge is -2.11. The molecule has 2 rings (SSSR count). The number of benzene rings is 2. The van der Waals surface area contributed by atoms with Crippen molar-refractivity contribution in [3.05, 3.63) is 59.1 Å². The maximum Gasteiger partial charge on any atom is 0.288 e. The molecule has 0 aromatic heterocycles. The Morgan fingerprint density at radius 2 is 1.74 bits per heavy atom. The number of hydrogen-bond donors (Lipinski definition) is 1. The van der Waals surface area contributed by atoms with Crippen molar-refractivity contribution in [2.24, 2.45) is 0 Å². The normalized spacial score (nSPS) is 10.7. The number of nitrogens with one attached hydrogen (secondary N) is 1. The molecule has 0 unspecified atom stereocenters. The van der Waals surface area contributed by atoms with Gasteiger partial charge in [-0.3, -0.25) is 0 Å². The van der Waals surface area contributed by atoms with Crippen molar-refractivity contribution < 1.29 is 8.78 Å². The lowest BCUT2D eigenvalue weighted by Crippen LogP contribution is -2.00. The Hall–Kier alpha value is -1.26. The van der Waals surface area contributed by atoms with Crippen LogP contribution >= 0.6 is 23.4 Å². The van der Waals surface area contributed by atoms with Crippen LogP contribution in [0.3, 0.4) is 0 Å². The van der Waals surface area contributed by atoms with E-state index in [9.17, 15) is 8.78 Å². The lowest BCUT2D eigenvalue weighted by molar-refractivity contribution is 0.252. The van der Waals surface area contributed by atoms with Crippen LogP contribution in [-0.4, -0.2) is 5.76 Å². The number of alkyl halides is 2. The van der Waals surface area contributed by atoms with Crippen LogP contribution in [0.4, 0.5) is 14.5 Å². The van der Waals surface area contributed by atoms with Gasteiger partial charge in [-0.25, -0.2) is 0 Å². The molecule has 100 valence electrons. The topological polar surface area (TPSA) is 12.0 Å². The Kier molecular flexibility index (Phi) is 5.05. The summed E-state index contributed by atoms with van der Waals surface area (Å²) in [5.74, 6) is -2.42. The lowest BCUT2D eigenvalue weighted by atomic mass is 10.2. The zero-order chi connectivity index (χ0) is 13.7. The summed E-state index contributed by atoms with van der Waals surface area (Å²) >= 11 is 6.35. The molecule has 0 atom stereocenters. The molecule has 0 saturated heterocycles. The third-order valence-corrected chi connectivity index (χ3v) is 3.54. The summed E-state index contributed by atoms with van der Waals surface area (Å²) in [5.41, 5.74) is 1.75. The molecule has 0 aliphatic heterocycles. The van der Waals surface area contributed by atoms with E-state index in [0.717, 1.165) is 5.56 Å². The largest absolute Gasteiger partial charge is 0.380 e. The van der Waals surface area contributed by atoms with Crippen molar-refractivity contribution in [2.45, 2.75) is 17.2 Å². The summed E-state index contributed by atoms with van der Waals surface area (Å²) < 4.78 is 24.9. The first kappa shape index (κ1) is 14.2. The monoisotopic (exact) mass is 299 g/mol. The Labute approximate surface area is 120 Å². The molecule has 0 bridgehead atoms. The fraction of sp³-hybridized carbons (Fsp3) is 0.143. The summed E-state index contributed by atoms with van der Waals surface area (Å²) in [7, 11) is 0. The van der Waals surface area contributed by atoms with Crippen molar-refractivity contribution in [3.8, 4) is 0 Å². The van der Waals surface area contributed by atoms with Crippen molar-refractivity contribution >= 4 is 29.1 Å². The quantitative estimate of drug-likeness (QED) is 0.755. The van der Waals surface area contributed by atoms with Gasteiger partial charge >= 0.3 is 0 Å². The standard InChI is InChI=1S/C14H12ClF2NS/c15-11-7-5-10(6-8-11)9-18-12-3-1-2-4-13(12)19-14(16)17/h1-8,14,18H,9H2. The van der Waals surface area contributed by atoms with Crippen LogP contribution in [0.15, 0.2) is 53.4 Å². The van der Waals surface area contributed by atoms with Crippen molar-refractivity contribution in [1.82, 2.24) is 0 Å². The maximum absolute atomic E-state index is 12.4. The predicted molar refractivity (Wildman–Crippen MR) is 77.1 cm³/mol. The Morgan fingerprint density at radius 3 is 2.42 bits per heavy atom. The number of thioether (sulfide) groups is 1. The van der Waals surface area contributed by atoms with Crippen molar-refractivity contribution in [3.63, 3.8) is 0 Å². The van der Waals surface area contributed by atoms with Gasteiger partial charge in [-0.1, -0.05) is 47.6 Å². The molecule has 1 N–H and O–H groups in total. The molecule has 0 saturated carbocycles. The fourth-order valence-electron chi connectivity index (χ4n) is 1.61. The van der Waals surface area contributed by atoms with Crippen LogP contribution in [-0.2, 0) is 6.54 Å². The highest BCUT2D eigenvalue weighted by Gasteiger charge is 2.09. The van der Waals surface area contributed by atoms with Crippen LogP contribution < -0.4 is 5.32 Å². The van der Waals surface area contributed by atoms with Gasteiger partial charge in [0.1, 0.15) is 0 Å². The summed E-state index contributed by atoms with van der Waals surface area (Å²) in [6, 6.07) is 14.5. The molecule has 0 aliphatic rings. The van der Waals surface area contributed by atoms with Gasteiger partial charge in [0.2, 0.25) is 0 Å². The minimum atomic E-state index is -2.42. The van der Waals surface area contributed by atoms with Crippen LogP contribution in [0.2, 0.25) is 5.02 Å². The number of anilines is 1. The van der Waals surface area contributed by atoms with Crippen LogP contribution in [0.5, 0.6) is 0 Å². The van der Waals surface area contributed by atoms with Crippen LogP contribution in [0.25, 0.3) is 0 Å². The fourth-order valence-corrected chi connectivity index (χ4v) is 2.35. The molecule has 5 heteroatoms. The molecule has 0 radical (unpaired) electrons. The Bertz CT molecular complexity index is 531. The minimum absolute atomic E-state index is 0.546. The van der Waals surface area contributed by atoms with Crippen molar-refractivity contribution in [2.75, 3.05) is 5.32 Å². The van der Waals surface area contributed by atoms with Gasteiger partial charge < -0.3 is 5.32 Å².